The number of esters is 3. The number of carbonyl (C=O) groups excluding carboxylic acids is 3. The molecular weight excluding hydrogens is 853 g/mol. The Morgan fingerprint density at radius 1 is 0.275 bits per heavy atom. The number of hydrogen-bond donors (Lipinski definition) is 0. The summed E-state index contributed by atoms with van der Waals surface area (Å²) in [6.45, 7) is 11.4. The van der Waals surface area contributed by atoms with E-state index < -0.39 is 6.10 Å². The molecule has 0 rings (SSSR count). The van der Waals surface area contributed by atoms with Gasteiger partial charge < -0.3 is 14.2 Å². The molecule has 410 valence electrons. The normalized spacial score (nSPS) is 12.0. The van der Waals surface area contributed by atoms with Gasteiger partial charge in [-0.25, -0.2) is 0 Å². The van der Waals surface area contributed by atoms with Crippen LogP contribution >= 0.6 is 0 Å². The van der Waals surface area contributed by atoms with Gasteiger partial charge in [-0.05, 0) is 31.1 Å². The minimum Gasteiger partial charge on any atom is -0.462 e. The second-order valence-corrected chi connectivity index (χ2v) is 22.6. The molecule has 0 spiro atoms. The molecule has 0 heterocycles. The topological polar surface area (TPSA) is 78.9 Å². The van der Waals surface area contributed by atoms with E-state index in [1.807, 2.05) is 0 Å². The van der Waals surface area contributed by atoms with E-state index in [-0.39, 0.29) is 31.1 Å². The molecule has 6 nitrogen and oxygen atoms in total. The molecule has 69 heavy (non-hydrogen) atoms. The molecule has 0 N–H and O–H groups in total. The van der Waals surface area contributed by atoms with Gasteiger partial charge in [0.1, 0.15) is 13.2 Å². The van der Waals surface area contributed by atoms with Crippen molar-refractivity contribution < 1.29 is 28.6 Å². The van der Waals surface area contributed by atoms with Crippen LogP contribution in [0, 0.1) is 11.8 Å². The van der Waals surface area contributed by atoms with Crippen molar-refractivity contribution in [3.63, 3.8) is 0 Å². The van der Waals surface area contributed by atoms with E-state index in [1.54, 1.807) is 0 Å². The summed E-state index contributed by atoms with van der Waals surface area (Å²) in [5.74, 6) is 0.865. The molecule has 0 unspecified atom stereocenters. The summed E-state index contributed by atoms with van der Waals surface area (Å²) in [4.78, 5) is 38.2. The van der Waals surface area contributed by atoms with Crippen LogP contribution in [0.4, 0.5) is 0 Å². The molecule has 0 aliphatic heterocycles. The monoisotopic (exact) mass is 975 g/mol. The minimum absolute atomic E-state index is 0.0620. The van der Waals surface area contributed by atoms with Crippen molar-refractivity contribution in [3.8, 4) is 0 Å². The Kier molecular flexibility index (Phi) is 54.4. The van der Waals surface area contributed by atoms with Gasteiger partial charge in [0.15, 0.2) is 6.10 Å². The second kappa shape index (κ2) is 55.7. The van der Waals surface area contributed by atoms with Gasteiger partial charge in [-0.1, -0.05) is 317 Å². The van der Waals surface area contributed by atoms with Crippen molar-refractivity contribution in [2.24, 2.45) is 11.8 Å². The Labute approximate surface area is 431 Å². The summed E-state index contributed by atoms with van der Waals surface area (Å²) < 4.78 is 16.9. The Hall–Kier alpha value is -1.59. The largest absolute Gasteiger partial charge is 0.462 e. The van der Waals surface area contributed by atoms with E-state index in [9.17, 15) is 14.4 Å². The van der Waals surface area contributed by atoms with Gasteiger partial charge >= 0.3 is 17.9 Å². The molecule has 0 radical (unpaired) electrons. The standard InChI is InChI=1S/C63H122O6/c1-6-7-8-9-10-11-12-13-23-28-33-38-43-48-53-61(64)67-56-60(57-68-62(65)54-49-44-39-34-29-25-20-22-27-32-37-42-47-52-59(4)5)69-63(66)55-50-45-40-35-30-24-19-17-15-14-16-18-21-26-31-36-41-46-51-58(2)3/h58-60H,6-57H2,1-5H3/t60-/m0/s1. The molecule has 6 heteroatoms. The molecule has 0 saturated carbocycles. The van der Waals surface area contributed by atoms with Gasteiger partial charge in [0.2, 0.25) is 0 Å². The van der Waals surface area contributed by atoms with Gasteiger partial charge in [-0.2, -0.15) is 0 Å². The molecule has 0 aromatic rings. The van der Waals surface area contributed by atoms with Crippen LogP contribution in [0.5, 0.6) is 0 Å². The van der Waals surface area contributed by atoms with Crippen molar-refractivity contribution >= 4 is 17.9 Å². The quantitative estimate of drug-likeness (QED) is 0.0343. The molecule has 0 aliphatic carbocycles. The Bertz CT molecular complexity index is 1060. The van der Waals surface area contributed by atoms with Crippen LogP contribution in [0.3, 0.4) is 0 Å². The van der Waals surface area contributed by atoms with E-state index in [2.05, 4.69) is 34.6 Å². The predicted molar refractivity (Wildman–Crippen MR) is 298 cm³/mol. The van der Waals surface area contributed by atoms with E-state index in [1.165, 1.54) is 244 Å². The third-order valence-corrected chi connectivity index (χ3v) is 14.5. The lowest BCUT2D eigenvalue weighted by molar-refractivity contribution is -0.167. The highest BCUT2D eigenvalue weighted by atomic mass is 16.6. The van der Waals surface area contributed by atoms with E-state index in [0.29, 0.717) is 19.3 Å². The maximum absolute atomic E-state index is 12.9. The van der Waals surface area contributed by atoms with E-state index in [0.717, 1.165) is 69.6 Å². The van der Waals surface area contributed by atoms with Crippen molar-refractivity contribution in [1.29, 1.82) is 0 Å². The van der Waals surface area contributed by atoms with Gasteiger partial charge in [-0.15, -0.1) is 0 Å². The average molecular weight is 976 g/mol. The van der Waals surface area contributed by atoms with Crippen LogP contribution in [0.1, 0.15) is 356 Å². The zero-order valence-electron chi connectivity index (χ0n) is 47.5. The van der Waals surface area contributed by atoms with Crippen LogP contribution in [-0.4, -0.2) is 37.2 Å². The summed E-state index contributed by atoms with van der Waals surface area (Å²) in [5.41, 5.74) is 0. The Morgan fingerprint density at radius 2 is 0.478 bits per heavy atom. The SMILES string of the molecule is CCCCCCCCCCCCCCCCC(=O)OC[C@@H](COC(=O)CCCCCCCCCCCCCCCC(C)C)OC(=O)CCCCCCCCCCCCCCCCCCCCC(C)C. The number of ether oxygens (including phenoxy) is 3. The lowest BCUT2D eigenvalue weighted by atomic mass is 10.0. The fraction of sp³-hybridized carbons (Fsp3) is 0.952. The maximum atomic E-state index is 12.9. The zero-order valence-corrected chi connectivity index (χ0v) is 47.5. The molecule has 0 bridgehead atoms. The van der Waals surface area contributed by atoms with Crippen molar-refractivity contribution in [2.45, 2.75) is 362 Å². The van der Waals surface area contributed by atoms with E-state index >= 15 is 0 Å². The van der Waals surface area contributed by atoms with Crippen molar-refractivity contribution in [3.05, 3.63) is 0 Å². The van der Waals surface area contributed by atoms with Gasteiger partial charge in [0, 0.05) is 19.3 Å². The summed E-state index contributed by atoms with van der Waals surface area (Å²) in [6, 6.07) is 0. The molecular formula is C63H122O6. The minimum atomic E-state index is -0.763. The molecule has 1 atom stereocenters. The van der Waals surface area contributed by atoms with Crippen LogP contribution in [0.2, 0.25) is 0 Å². The molecule has 0 aromatic carbocycles. The smallest absolute Gasteiger partial charge is 0.306 e. The van der Waals surface area contributed by atoms with Crippen LogP contribution in [0.25, 0.3) is 0 Å². The highest BCUT2D eigenvalue weighted by molar-refractivity contribution is 5.71. The summed E-state index contributed by atoms with van der Waals surface area (Å²) >= 11 is 0. The fourth-order valence-corrected chi connectivity index (χ4v) is 9.76. The third kappa shape index (κ3) is 57.2. The maximum Gasteiger partial charge on any atom is 0.306 e. The first-order valence-electron chi connectivity index (χ1n) is 31.2. The van der Waals surface area contributed by atoms with Crippen LogP contribution < -0.4 is 0 Å². The number of rotatable bonds is 57. The van der Waals surface area contributed by atoms with Crippen LogP contribution in [-0.2, 0) is 28.6 Å². The number of carbonyl (C=O) groups is 3. The Morgan fingerprint density at radius 3 is 0.710 bits per heavy atom. The first-order valence-corrected chi connectivity index (χ1v) is 31.2. The van der Waals surface area contributed by atoms with Crippen molar-refractivity contribution in [2.75, 3.05) is 13.2 Å². The van der Waals surface area contributed by atoms with E-state index in [4.69, 9.17) is 14.2 Å². The van der Waals surface area contributed by atoms with Crippen LogP contribution in [0.15, 0.2) is 0 Å². The van der Waals surface area contributed by atoms with Crippen molar-refractivity contribution in [1.82, 2.24) is 0 Å². The predicted octanol–water partition coefficient (Wildman–Crippen LogP) is 20.8. The fourth-order valence-electron chi connectivity index (χ4n) is 9.76. The molecule has 0 fully saturated rings. The number of unbranched alkanes of at least 4 members (excludes halogenated alkanes) is 42. The number of hydrogen-bond acceptors (Lipinski definition) is 6. The molecule has 0 aliphatic rings. The molecule has 0 saturated heterocycles. The zero-order chi connectivity index (χ0) is 50.4. The average Bonchev–Trinajstić information content (AvgIpc) is 3.32. The summed E-state index contributed by atoms with van der Waals surface area (Å²) in [5, 5.41) is 0. The first kappa shape index (κ1) is 67.4. The first-order chi connectivity index (χ1) is 33.7. The molecule has 0 amide bonds. The second-order valence-electron chi connectivity index (χ2n) is 22.6. The Balaban J connectivity index is 4.27. The lowest BCUT2D eigenvalue weighted by Crippen LogP contribution is -2.30. The lowest BCUT2D eigenvalue weighted by Gasteiger charge is -2.18. The summed E-state index contributed by atoms with van der Waals surface area (Å²) in [6.07, 6.45) is 61.0. The summed E-state index contributed by atoms with van der Waals surface area (Å²) in [7, 11) is 0. The van der Waals surface area contributed by atoms with Gasteiger partial charge in [0.05, 0.1) is 0 Å². The highest BCUT2D eigenvalue weighted by Gasteiger charge is 2.19. The van der Waals surface area contributed by atoms with Gasteiger partial charge in [0.25, 0.3) is 0 Å². The van der Waals surface area contributed by atoms with Gasteiger partial charge in [-0.3, -0.25) is 14.4 Å². The third-order valence-electron chi connectivity index (χ3n) is 14.5. The highest BCUT2D eigenvalue weighted by Crippen LogP contribution is 2.19. The molecule has 0 aromatic heterocycles.